The van der Waals surface area contributed by atoms with E-state index in [0.29, 0.717) is 24.8 Å². The highest BCUT2D eigenvalue weighted by atomic mass is 32.2. The quantitative estimate of drug-likeness (QED) is 0.409. The van der Waals surface area contributed by atoms with Gasteiger partial charge >= 0.3 is 5.97 Å². The van der Waals surface area contributed by atoms with Gasteiger partial charge in [0.25, 0.3) is 0 Å². The molecule has 0 unspecified atom stereocenters. The van der Waals surface area contributed by atoms with Crippen LogP contribution in [0.4, 0.5) is 0 Å². The number of carbonyl (C=O) groups is 2. The summed E-state index contributed by atoms with van der Waals surface area (Å²) in [6.07, 6.45) is 0. The predicted molar refractivity (Wildman–Crippen MR) is 122 cm³/mol. The molecular weight excluding hydrogens is 414 g/mol. The molecule has 0 saturated heterocycles. The Labute approximate surface area is 189 Å². The number of rotatable bonds is 10. The molecule has 0 spiro atoms. The van der Waals surface area contributed by atoms with Crippen LogP contribution >= 0.6 is 11.8 Å². The molecule has 1 aromatic heterocycles. The van der Waals surface area contributed by atoms with Crippen molar-refractivity contribution in [3.63, 3.8) is 0 Å². The van der Waals surface area contributed by atoms with Crippen LogP contribution in [0.3, 0.4) is 0 Å². The van der Waals surface area contributed by atoms with Crippen LogP contribution in [0, 0.1) is 6.92 Å². The molecular formula is C22H33N5O3S. The molecule has 2 rings (SSSR count). The number of hydrogen-bond acceptors (Lipinski definition) is 7. The fraction of sp³-hybridized carbons (Fsp3) is 0.545. The number of hydrogen-bond donors (Lipinski definition) is 0. The number of amides is 1. The molecule has 0 aliphatic rings. The molecule has 0 fully saturated rings. The average Bonchev–Trinajstić information content (AvgIpc) is 3.02. The monoisotopic (exact) mass is 447 g/mol. The van der Waals surface area contributed by atoms with Crippen molar-refractivity contribution >= 4 is 23.6 Å². The lowest BCUT2D eigenvalue weighted by molar-refractivity contribution is -0.158. The lowest BCUT2D eigenvalue weighted by Crippen LogP contribution is -2.42. The Hall–Kier alpha value is -2.39. The Morgan fingerprint density at radius 1 is 1.10 bits per heavy atom. The summed E-state index contributed by atoms with van der Waals surface area (Å²) in [6.45, 7) is 9.01. The Bertz CT molecular complexity index is 862. The zero-order valence-corrected chi connectivity index (χ0v) is 20.1. The highest BCUT2D eigenvalue weighted by Gasteiger charge is 2.23. The summed E-state index contributed by atoms with van der Waals surface area (Å²) in [4.78, 5) is 28.7. The van der Waals surface area contributed by atoms with E-state index < -0.39 is 11.6 Å². The molecule has 31 heavy (non-hydrogen) atoms. The molecule has 0 aliphatic carbocycles. The average molecular weight is 448 g/mol. The van der Waals surface area contributed by atoms with E-state index >= 15 is 0 Å². The SMILES string of the molecule is Cc1nnc(SCC(=O)N(CCN(C)C)CC(=O)OC(C)(C)C)n1Cc1ccccc1. The van der Waals surface area contributed by atoms with Gasteiger partial charge in [-0.15, -0.1) is 10.2 Å². The molecule has 0 radical (unpaired) electrons. The fourth-order valence-electron chi connectivity index (χ4n) is 2.78. The normalized spacial score (nSPS) is 11.6. The van der Waals surface area contributed by atoms with Crippen LogP contribution in [0.25, 0.3) is 0 Å². The van der Waals surface area contributed by atoms with Crippen molar-refractivity contribution in [3.05, 3.63) is 41.7 Å². The molecule has 0 bridgehead atoms. The summed E-state index contributed by atoms with van der Waals surface area (Å²) in [7, 11) is 3.86. The van der Waals surface area contributed by atoms with Gasteiger partial charge in [-0.1, -0.05) is 42.1 Å². The first-order valence-corrected chi connectivity index (χ1v) is 11.2. The van der Waals surface area contributed by atoms with E-state index in [2.05, 4.69) is 10.2 Å². The minimum atomic E-state index is -0.590. The summed E-state index contributed by atoms with van der Waals surface area (Å²) in [6, 6.07) is 10.0. The van der Waals surface area contributed by atoms with E-state index in [1.54, 1.807) is 4.90 Å². The number of carbonyl (C=O) groups excluding carboxylic acids is 2. The van der Waals surface area contributed by atoms with Crippen LogP contribution in [0.1, 0.15) is 32.2 Å². The van der Waals surface area contributed by atoms with Gasteiger partial charge in [0.15, 0.2) is 5.16 Å². The predicted octanol–water partition coefficient (Wildman–Crippen LogP) is 2.46. The minimum absolute atomic E-state index is 0.0692. The molecule has 0 N–H and O–H groups in total. The largest absolute Gasteiger partial charge is 0.459 e. The maximum atomic E-state index is 12.9. The minimum Gasteiger partial charge on any atom is -0.459 e. The van der Waals surface area contributed by atoms with E-state index in [1.165, 1.54) is 11.8 Å². The molecule has 1 aromatic carbocycles. The number of likely N-dealkylation sites (N-methyl/N-ethyl adjacent to an activating group) is 1. The topological polar surface area (TPSA) is 80.6 Å². The van der Waals surface area contributed by atoms with Crippen molar-refractivity contribution < 1.29 is 14.3 Å². The van der Waals surface area contributed by atoms with E-state index in [-0.39, 0.29) is 18.2 Å². The number of esters is 1. The lowest BCUT2D eigenvalue weighted by Gasteiger charge is -2.26. The number of aryl methyl sites for hydroxylation is 1. The van der Waals surface area contributed by atoms with Crippen LogP contribution in [-0.2, 0) is 20.9 Å². The van der Waals surface area contributed by atoms with Gasteiger partial charge in [-0.05, 0) is 47.4 Å². The molecule has 2 aromatic rings. The highest BCUT2D eigenvalue weighted by molar-refractivity contribution is 7.99. The van der Waals surface area contributed by atoms with Gasteiger partial charge in [-0.25, -0.2) is 0 Å². The molecule has 1 amide bonds. The summed E-state index contributed by atoms with van der Waals surface area (Å²) in [5.41, 5.74) is 0.545. The maximum Gasteiger partial charge on any atom is 0.326 e. The van der Waals surface area contributed by atoms with Crippen molar-refractivity contribution in [2.45, 2.75) is 45.0 Å². The van der Waals surface area contributed by atoms with E-state index in [1.807, 2.05) is 81.6 Å². The second kappa shape index (κ2) is 11.3. The first-order chi connectivity index (χ1) is 14.5. The Morgan fingerprint density at radius 3 is 2.39 bits per heavy atom. The van der Waals surface area contributed by atoms with E-state index in [9.17, 15) is 9.59 Å². The molecule has 0 atom stereocenters. The fourth-order valence-corrected chi connectivity index (χ4v) is 3.66. The standard InChI is InChI=1S/C22H33N5O3S/c1-17-23-24-21(27(17)14-18-10-8-7-9-11-18)31-16-19(28)26(13-12-25(5)6)15-20(29)30-22(2,3)4/h7-11H,12-16H2,1-6H3. The number of benzene rings is 1. The molecule has 0 aliphatic heterocycles. The van der Waals surface area contributed by atoms with E-state index in [0.717, 1.165) is 11.4 Å². The van der Waals surface area contributed by atoms with Gasteiger partial charge in [-0.3, -0.25) is 9.59 Å². The van der Waals surface area contributed by atoms with Crippen molar-refractivity contribution in [1.82, 2.24) is 24.6 Å². The van der Waals surface area contributed by atoms with Crippen molar-refractivity contribution in [3.8, 4) is 0 Å². The van der Waals surface area contributed by atoms with Crippen LogP contribution in [-0.4, -0.2) is 81.5 Å². The van der Waals surface area contributed by atoms with Gasteiger partial charge in [0.2, 0.25) is 5.91 Å². The number of ether oxygens (including phenoxy) is 1. The second-order valence-electron chi connectivity index (χ2n) is 8.60. The van der Waals surface area contributed by atoms with Crippen LogP contribution in [0.15, 0.2) is 35.5 Å². The zero-order valence-electron chi connectivity index (χ0n) is 19.3. The second-order valence-corrected chi connectivity index (χ2v) is 9.54. The van der Waals surface area contributed by atoms with Gasteiger partial charge < -0.3 is 19.1 Å². The zero-order chi connectivity index (χ0) is 23.0. The third-order valence-electron chi connectivity index (χ3n) is 4.32. The molecule has 0 saturated carbocycles. The molecule has 1 heterocycles. The summed E-state index contributed by atoms with van der Waals surface area (Å²) < 4.78 is 7.39. The summed E-state index contributed by atoms with van der Waals surface area (Å²) in [5, 5.41) is 9.08. The number of thioether (sulfide) groups is 1. The van der Waals surface area contributed by atoms with Crippen LogP contribution in [0.2, 0.25) is 0 Å². The van der Waals surface area contributed by atoms with Crippen LogP contribution in [0.5, 0.6) is 0 Å². The number of aromatic nitrogens is 3. The lowest BCUT2D eigenvalue weighted by atomic mass is 10.2. The smallest absolute Gasteiger partial charge is 0.326 e. The van der Waals surface area contributed by atoms with E-state index in [4.69, 9.17) is 4.74 Å². The first kappa shape index (κ1) is 24.9. The van der Waals surface area contributed by atoms with Gasteiger partial charge in [-0.2, -0.15) is 0 Å². The third kappa shape index (κ3) is 8.70. The summed E-state index contributed by atoms with van der Waals surface area (Å²) in [5.74, 6) is 0.415. The molecule has 9 heteroatoms. The third-order valence-corrected chi connectivity index (χ3v) is 5.27. The Kier molecular flexibility index (Phi) is 9.06. The van der Waals surface area contributed by atoms with Crippen LogP contribution < -0.4 is 0 Å². The van der Waals surface area contributed by atoms with Crippen molar-refractivity contribution in [1.29, 1.82) is 0 Å². The molecule has 170 valence electrons. The molecule has 8 nitrogen and oxygen atoms in total. The van der Waals surface area contributed by atoms with Gasteiger partial charge in [0.05, 0.1) is 12.3 Å². The number of nitrogens with zero attached hydrogens (tertiary/aromatic N) is 5. The van der Waals surface area contributed by atoms with Gasteiger partial charge in [0, 0.05) is 13.1 Å². The Morgan fingerprint density at radius 2 is 1.77 bits per heavy atom. The highest BCUT2D eigenvalue weighted by Crippen LogP contribution is 2.19. The van der Waals surface area contributed by atoms with Crippen molar-refractivity contribution in [2.24, 2.45) is 0 Å². The van der Waals surface area contributed by atoms with Crippen molar-refractivity contribution in [2.75, 3.05) is 39.5 Å². The van der Waals surface area contributed by atoms with Gasteiger partial charge in [0.1, 0.15) is 18.0 Å². The maximum absolute atomic E-state index is 12.9. The first-order valence-electron chi connectivity index (χ1n) is 10.3. The Balaban J connectivity index is 2.03. The summed E-state index contributed by atoms with van der Waals surface area (Å²) >= 11 is 1.33.